The number of hydrogen-bond acceptors (Lipinski definition) is 7. The molecule has 0 heterocycles. The van der Waals surface area contributed by atoms with Crippen LogP contribution in [0, 0.1) is 20.2 Å². The Balaban J connectivity index is 3.02. The van der Waals surface area contributed by atoms with Gasteiger partial charge in [0.1, 0.15) is 5.69 Å². The highest BCUT2D eigenvalue weighted by atomic mass is 16.6. The summed E-state index contributed by atoms with van der Waals surface area (Å²) in [6.45, 7) is 0. The van der Waals surface area contributed by atoms with E-state index in [1.165, 1.54) is 19.2 Å². The monoisotopic (exact) mass is 320 g/mol. The molecule has 0 aliphatic heterocycles. The van der Waals surface area contributed by atoms with E-state index in [1.807, 2.05) is 0 Å². The van der Waals surface area contributed by atoms with Crippen LogP contribution in [0.5, 0.6) is 0 Å². The lowest BCUT2D eigenvalue weighted by atomic mass is 10.2. The largest absolute Gasteiger partial charge is 0.515 e. The summed E-state index contributed by atoms with van der Waals surface area (Å²) in [6, 6.07) is 3.04. The van der Waals surface area contributed by atoms with Crippen molar-refractivity contribution in [3.63, 3.8) is 0 Å². The Morgan fingerprint density at radius 3 is 2.52 bits per heavy atom. The second kappa shape index (κ2) is 8.02. The SMILES string of the molecule is CNC(=O)C(/C=C/C=Nc1ccc([N+](=O)[O-])cc1[N+](=O)[O-])=C/O. The number of aliphatic imine (C=N–C) groups is 1. The van der Waals surface area contributed by atoms with Crippen molar-refractivity contribution < 1.29 is 19.7 Å². The molecule has 0 saturated carbocycles. The number of nitro groups is 2. The number of carbonyl (C=O) groups excluding carboxylic acids is 1. The lowest BCUT2D eigenvalue weighted by molar-refractivity contribution is -0.393. The Labute approximate surface area is 129 Å². The molecule has 0 spiro atoms. The molecule has 0 bridgehead atoms. The zero-order chi connectivity index (χ0) is 17.4. The highest BCUT2D eigenvalue weighted by Gasteiger charge is 2.18. The van der Waals surface area contributed by atoms with Crippen LogP contribution in [0.4, 0.5) is 17.1 Å². The highest BCUT2D eigenvalue weighted by molar-refractivity contribution is 5.96. The molecule has 0 fully saturated rings. The number of nitrogens with zero attached hydrogens (tertiary/aromatic N) is 3. The Morgan fingerprint density at radius 1 is 1.30 bits per heavy atom. The Kier molecular flexibility index (Phi) is 6.10. The molecule has 1 rings (SSSR count). The number of carbonyl (C=O) groups is 1. The van der Waals surface area contributed by atoms with Crippen LogP contribution < -0.4 is 5.32 Å². The summed E-state index contributed by atoms with van der Waals surface area (Å²) in [5.74, 6) is -0.529. The van der Waals surface area contributed by atoms with E-state index in [2.05, 4.69) is 10.3 Å². The summed E-state index contributed by atoms with van der Waals surface area (Å²) < 4.78 is 0. The van der Waals surface area contributed by atoms with Crippen LogP contribution in [0.15, 0.2) is 47.2 Å². The molecule has 0 atom stereocenters. The van der Waals surface area contributed by atoms with Crippen LogP contribution in [0.1, 0.15) is 0 Å². The predicted octanol–water partition coefficient (Wildman–Crippen LogP) is 1.95. The number of aliphatic hydroxyl groups is 1. The molecule has 10 nitrogen and oxygen atoms in total. The minimum Gasteiger partial charge on any atom is -0.515 e. The minimum absolute atomic E-state index is 0.0443. The van der Waals surface area contributed by atoms with Crippen LogP contribution in [0.3, 0.4) is 0 Å². The van der Waals surface area contributed by atoms with Gasteiger partial charge in [0.05, 0.1) is 27.7 Å². The summed E-state index contributed by atoms with van der Waals surface area (Å²) in [5, 5.41) is 32.7. The summed E-state index contributed by atoms with van der Waals surface area (Å²) in [7, 11) is 1.38. The number of non-ortho nitro benzene ring substituents is 1. The van der Waals surface area contributed by atoms with E-state index in [9.17, 15) is 25.0 Å². The van der Waals surface area contributed by atoms with Gasteiger partial charge in [0.2, 0.25) is 0 Å². The average molecular weight is 320 g/mol. The first-order chi connectivity index (χ1) is 10.9. The lowest BCUT2D eigenvalue weighted by Crippen LogP contribution is -2.19. The van der Waals surface area contributed by atoms with Gasteiger partial charge < -0.3 is 10.4 Å². The fourth-order valence-electron chi connectivity index (χ4n) is 1.47. The lowest BCUT2D eigenvalue weighted by Gasteiger charge is -1.97. The van der Waals surface area contributed by atoms with Crippen LogP contribution in [0.2, 0.25) is 0 Å². The number of allylic oxidation sites excluding steroid dienone is 1. The summed E-state index contributed by atoms with van der Waals surface area (Å²) in [5.41, 5.74) is -1.07. The van der Waals surface area contributed by atoms with E-state index in [0.717, 1.165) is 24.4 Å². The Morgan fingerprint density at radius 2 is 2.00 bits per heavy atom. The second-order valence-corrected chi connectivity index (χ2v) is 3.99. The van der Waals surface area contributed by atoms with E-state index in [0.29, 0.717) is 6.26 Å². The fourth-order valence-corrected chi connectivity index (χ4v) is 1.47. The van der Waals surface area contributed by atoms with E-state index in [1.54, 1.807) is 0 Å². The van der Waals surface area contributed by atoms with E-state index >= 15 is 0 Å². The van der Waals surface area contributed by atoms with Crippen molar-refractivity contribution in [2.45, 2.75) is 0 Å². The zero-order valence-electron chi connectivity index (χ0n) is 11.9. The number of hydrogen-bond donors (Lipinski definition) is 2. The van der Waals surface area contributed by atoms with Gasteiger partial charge >= 0.3 is 5.69 Å². The van der Waals surface area contributed by atoms with Crippen molar-refractivity contribution in [1.29, 1.82) is 0 Å². The van der Waals surface area contributed by atoms with Crippen molar-refractivity contribution in [2.24, 2.45) is 4.99 Å². The number of amides is 1. The number of benzene rings is 1. The third-order valence-electron chi connectivity index (χ3n) is 2.57. The third kappa shape index (κ3) is 4.74. The molecule has 1 aromatic rings. The van der Waals surface area contributed by atoms with Crippen LogP contribution in [0.25, 0.3) is 0 Å². The summed E-state index contributed by atoms with van der Waals surface area (Å²) in [4.78, 5) is 35.1. The first kappa shape index (κ1) is 17.5. The first-order valence-electron chi connectivity index (χ1n) is 6.10. The average Bonchev–Trinajstić information content (AvgIpc) is 2.53. The molecule has 2 N–H and O–H groups in total. The number of nitrogens with one attached hydrogen (secondary N) is 1. The quantitative estimate of drug-likeness (QED) is 0.204. The zero-order valence-corrected chi connectivity index (χ0v) is 11.9. The maximum Gasteiger partial charge on any atom is 0.301 e. The molecule has 0 aliphatic carbocycles. The molecular formula is C13H12N4O6. The first-order valence-corrected chi connectivity index (χ1v) is 6.10. The number of aliphatic hydroxyl groups excluding tert-OH is 1. The van der Waals surface area contributed by atoms with Gasteiger partial charge in [-0.15, -0.1) is 0 Å². The maximum atomic E-state index is 11.3. The molecule has 23 heavy (non-hydrogen) atoms. The molecule has 0 unspecified atom stereocenters. The van der Waals surface area contributed by atoms with Crippen LogP contribution >= 0.6 is 0 Å². The number of nitro benzene ring substituents is 2. The molecule has 0 aliphatic rings. The summed E-state index contributed by atoms with van der Waals surface area (Å²) >= 11 is 0. The van der Waals surface area contributed by atoms with Gasteiger partial charge in [-0.3, -0.25) is 25.0 Å². The molecule has 0 aromatic heterocycles. The van der Waals surface area contributed by atoms with E-state index < -0.39 is 27.1 Å². The summed E-state index contributed by atoms with van der Waals surface area (Å²) in [6.07, 6.45) is 4.26. The third-order valence-corrected chi connectivity index (χ3v) is 2.57. The van der Waals surface area contributed by atoms with Gasteiger partial charge in [0.25, 0.3) is 11.6 Å². The number of rotatable bonds is 6. The fraction of sp³-hybridized carbons (Fsp3) is 0.0769. The standard InChI is InChI=1S/C13H12N4O6/c1-14-13(19)9(8-18)3-2-6-15-11-5-4-10(16(20)21)7-12(11)17(22)23/h2-8,18H,1H3,(H,14,19)/b3-2+,9-8+,15-6?. The molecule has 120 valence electrons. The Bertz CT molecular complexity index is 723. The minimum atomic E-state index is -0.785. The van der Waals surface area contributed by atoms with Gasteiger partial charge in [0.15, 0.2) is 0 Å². The van der Waals surface area contributed by atoms with Gasteiger partial charge in [0, 0.05) is 19.3 Å². The van der Waals surface area contributed by atoms with Crippen molar-refractivity contribution >= 4 is 29.2 Å². The van der Waals surface area contributed by atoms with E-state index in [4.69, 9.17) is 5.11 Å². The topological polar surface area (TPSA) is 148 Å². The molecule has 10 heteroatoms. The molecule has 1 aromatic carbocycles. The maximum absolute atomic E-state index is 11.3. The van der Waals surface area contributed by atoms with Gasteiger partial charge in [-0.1, -0.05) is 0 Å². The molecule has 1 amide bonds. The Hall–Kier alpha value is -3.56. The van der Waals surface area contributed by atoms with Crippen LogP contribution in [-0.2, 0) is 4.79 Å². The smallest absolute Gasteiger partial charge is 0.301 e. The molecule has 0 radical (unpaired) electrons. The molecular weight excluding hydrogens is 308 g/mol. The molecule has 0 saturated heterocycles. The number of likely N-dealkylation sites (N-methyl/N-ethyl adjacent to an activating group) is 1. The second-order valence-electron chi connectivity index (χ2n) is 3.99. The van der Waals surface area contributed by atoms with Gasteiger partial charge in [-0.2, -0.15) is 0 Å². The van der Waals surface area contributed by atoms with Gasteiger partial charge in [-0.25, -0.2) is 4.99 Å². The van der Waals surface area contributed by atoms with Crippen molar-refractivity contribution in [3.05, 3.63) is 62.4 Å². The highest BCUT2D eigenvalue weighted by Crippen LogP contribution is 2.30. The normalized spacial score (nSPS) is 11.8. The van der Waals surface area contributed by atoms with Gasteiger partial charge in [-0.05, 0) is 18.2 Å². The van der Waals surface area contributed by atoms with Crippen LogP contribution in [-0.4, -0.2) is 34.1 Å². The van der Waals surface area contributed by atoms with Crippen molar-refractivity contribution in [3.8, 4) is 0 Å². The predicted molar refractivity (Wildman–Crippen MR) is 81.8 cm³/mol. The van der Waals surface area contributed by atoms with E-state index in [-0.39, 0.29) is 11.3 Å². The van der Waals surface area contributed by atoms with Crippen molar-refractivity contribution in [2.75, 3.05) is 7.05 Å². The van der Waals surface area contributed by atoms with Crippen molar-refractivity contribution in [1.82, 2.24) is 5.32 Å².